The molecule has 0 fully saturated rings. The SMILES string of the molecule is COc1c(CO)cc(NC(=O)c2cnc(C)c(-n3cc(-c4cnn(C)c4C)nn3)c2)cc1C(F)(F)F. The van der Waals surface area contributed by atoms with Gasteiger partial charge >= 0.3 is 6.18 Å². The number of methoxy groups -OCH3 is 1. The van der Waals surface area contributed by atoms with Crippen LogP contribution in [-0.4, -0.2) is 47.9 Å². The number of aliphatic hydroxyl groups excluding tert-OH is 1. The van der Waals surface area contributed by atoms with E-state index in [2.05, 4.69) is 25.7 Å². The molecule has 2 N–H and O–H groups in total. The van der Waals surface area contributed by atoms with Crippen LogP contribution in [0, 0.1) is 13.8 Å². The maximum absolute atomic E-state index is 13.5. The van der Waals surface area contributed by atoms with Gasteiger partial charge in [0.1, 0.15) is 11.4 Å². The molecule has 0 aliphatic carbocycles. The quantitative estimate of drug-likeness (QED) is 0.415. The Bertz CT molecular complexity index is 1440. The van der Waals surface area contributed by atoms with Gasteiger partial charge in [0.15, 0.2) is 0 Å². The molecule has 36 heavy (non-hydrogen) atoms. The van der Waals surface area contributed by atoms with E-state index in [1.54, 1.807) is 24.0 Å². The largest absolute Gasteiger partial charge is 0.496 e. The van der Waals surface area contributed by atoms with Crippen molar-refractivity contribution in [2.75, 3.05) is 12.4 Å². The second-order valence-corrected chi connectivity index (χ2v) is 7.97. The van der Waals surface area contributed by atoms with Gasteiger partial charge in [-0.05, 0) is 32.0 Å². The van der Waals surface area contributed by atoms with Crippen LogP contribution in [-0.2, 0) is 19.8 Å². The van der Waals surface area contributed by atoms with Gasteiger partial charge in [0.25, 0.3) is 5.91 Å². The molecular formula is C23H22F3N7O3. The fourth-order valence-corrected chi connectivity index (χ4v) is 3.67. The Labute approximate surface area is 203 Å². The van der Waals surface area contributed by atoms with Crippen molar-refractivity contribution in [1.82, 2.24) is 29.8 Å². The maximum atomic E-state index is 13.5. The van der Waals surface area contributed by atoms with E-state index in [0.717, 1.165) is 24.4 Å². The van der Waals surface area contributed by atoms with Gasteiger partial charge in [-0.25, -0.2) is 4.68 Å². The highest BCUT2D eigenvalue weighted by atomic mass is 19.4. The molecule has 0 saturated carbocycles. The molecule has 3 aromatic heterocycles. The lowest BCUT2D eigenvalue weighted by atomic mass is 10.1. The summed E-state index contributed by atoms with van der Waals surface area (Å²) in [5.74, 6) is -1.21. The molecule has 0 saturated heterocycles. The minimum atomic E-state index is -4.76. The van der Waals surface area contributed by atoms with Crippen LogP contribution in [0.1, 0.15) is 32.9 Å². The molecule has 1 aromatic carbocycles. The zero-order valence-corrected chi connectivity index (χ0v) is 19.8. The number of carbonyl (C=O) groups is 1. The average molecular weight is 501 g/mol. The number of benzene rings is 1. The highest BCUT2D eigenvalue weighted by Gasteiger charge is 2.36. The van der Waals surface area contributed by atoms with Gasteiger partial charge in [0.05, 0.1) is 48.6 Å². The van der Waals surface area contributed by atoms with Crippen molar-refractivity contribution in [3.63, 3.8) is 0 Å². The maximum Gasteiger partial charge on any atom is 0.420 e. The Kier molecular flexibility index (Phi) is 6.50. The van der Waals surface area contributed by atoms with Gasteiger partial charge in [-0.1, -0.05) is 5.21 Å². The molecule has 0 aliphatic rings. The van der Waals surface area contributed by atoms with Crippen LogP contribution in [0.3, 0.4) is 0 Å². The number of hydrogen-bond acceptors (Lipinski definition) is 7. The molecule has 0 spiro atoms. The second-order valence-electron chi connectivity index (χ2n) is 7.97. The smallest absolute Gasteiger partial charge is 0.420 e. The predicted molar refractivity (Wildman–Crippen MR) is 123 cm³/mol. The molecule has 0 radical (unpaired) electrons. The van der Waals surface area contributed by atoms with E-state index in [1.165, 1.54) is 23.0 Å². The highest BCUT2D eigenvalue weighted by Crippen LogP contribution is 2.40. The first-order valence-corrected chi connectivity index (χ1v) is 10.6. The lowest BCUT2D eigenvalue weighted by molar-refractivity contribution is -0.138. The van der Waals surface area contributed by atoms with E-state index in [1.807, 2.05) is 14.0 Å². The summed E-state index contributed by atoms with van der Waals surface area (Å²) in [6.07, 6.45) is -0.115. The Morgan fingerprint density at radius 1 is 1.19 bits per heavy atom. The van der Waals surface area contributed by atoms with Gasteiger partial charge in [0, 0.05) is 35.8 Å². The van der Waals surface area contributed by atoms with Gasteiger partial charge in [-0.2, -0.15) is 18.3 Å². The lowest BCUT2D eigenvalue weighted by Crippen LogP contribution is -2.16. The molecule has 4 rings (SSSR count). The van der Waals surface area contributed by atoms with Crippen LogP contribution in [0.4, 0.5) is 18.9 Å². The highest BCUT2D eigenvalue weighted by molar-refractivity contribution is 6.04. The molecule has 1 amide bonds. The summed E-state index contributed by atoms with van der Waals surface area (Å²) in [7, 11) is 2.88. The number of aliphatic hydroxyl groups is 1. The Balaban J connectivity index is 1.65. The Morgan fingerprint density at radius 2 is 1.94 bits per heavy atom. The molecule has 188 valence electrons. The molecule has 0 atom stereocenters. The van der Waals surface area contributed by atoms with Crippen molar-refractivity contribution in [3.8, 4) is 22.7 Å². The summed E-state index contributed by atoms with van der Waals surface area (Å²) in [6.45, 7) is 2.90. The monoisotopic (exact) mass is 501 g/mol. The number of nitrogens with zero attached hydrogens (tertiary/aromatic N) is 6. The van der Waals surface area contributed by atoms with Gasteiger partial charge in [-0.15, -0.1) is 5.10 Å². The van der Waals surface area contributed by atoms with Gasteiger partial charge in [0.2, 0.25) is 0 Å². The van der Waals surface area contributed by atoms with Crippen molar-refractivity contribution in [2.24, 2.45) is 7.05 Å². The van der Waals surface area contributed by atoms with Crippen molar-refractivity contribution < 1.29 is 27.8 Å². The van der Waals surface area contributed by atoms with Crippen LogP contribution < -0.4 is 10.1 Å². The number of alkyl halides is 3. The van der Waals surface area contributed by atoms with E-state index < -0.39 is 30.0 Å². The lowest BCUT2D eigenvalue weighted by Gasteiger charge is -2.17. The van der Waals surface area contributed by atoms with Crippen LogP contribution >= 0.6 is 0 Å². The number of nitrogens with one attached hydrogen (secondary N) is 1. The number of rotatable bonds is 6. The number of pyridine rings is 1. The van der Waals surface area contributed by atoms with Crippen molar-refractivity contribution in [3.05, 3.63) is 64.9 Å². The molecule has 0 aliphatic heterocycles. The Morgan fingerprint density at radius 3 is 2.56 bits per heavy atom. The minimum absolute atomic E-state index is 0.0835. The van der Waals surface area contributed by atoms with Crippen LogP contribution in [0.2, 0.25) is 0 Å². The number of ether oxygens (including phenoxy) is 1. The summed E-state index contributed by atoms with van der Waals surface area (Å²) in [6, 6.07) is 3.47. The topological polar surface area (TPSA) is 120 Å². The number of anilines is 1. The fraction of sp³-hybridized carbons (Fsp3) is 0.261. The molecule has 4 aromatic rings. The summed E-state index contributed by atoms with van der Waals surface area (Å²) in [5.41, 5.74) is 1.97. The van der Waals surface area contributed by atoms with Crippen LogP contribution in [0.15, 0.2) is 36.8 Å². The second kappa shape index (κ2) is 9.41. The number of hydrogen-bond donors (Lipinski definition) is 2. The average Bonchev–Trinajstić information content (AvgIpc) is 3.44. The predicted octanol–water partition coefficient (Wildman–Crippen LogP) is 3.45. The zero-order valence-electron chi connectivity index (χ0n) is 19.8. The van der Waals surface area contributed by atoms with E-state index in [0.29, 0.717) is 17.1 Å². The van der Waals surface area contributed by atoms with Gasteiger partial charge in [-0.3, -0.25) is 14.5 Å². The molecule has 0 bridgehead atoms. The third kappa shape index (κ3) is 4.64. The molecule has 13 heteroatoms. The normalized spacial score (nSPS) is 11.6. The summed E-state index contributed by atoms with van der Waals surface area (Å²) in [5, 5.41) is 24.5. The standard InChI is InChI=1S/C23H22F3N7O3/c1-12-20(33-10-19(30-31-33)17-9-28-32(3)13(17)2)6-14(8-27-12)22(35)29-16-5-15(11-34)21(36-4)18(7-16)23(24,25)26/h5-10,34H,11H2,1-4H3,(H,29,35). The number of aryl methyl sites for hydroxylation is 2. The summed E-state index contributed by atoms with van der Waals surface area (Å²) < 4.78 is 48.6. The van der Waals surface area contributed by atoms with E-state index in [9.17, 15) is 23.1 Å². The van der Waals surface area contributed by atoms with Crippen molar-refractivity contribution >= 4 is 11.6 Å². The Hall–Kier alpha value is -4.26. The number of aromatic nitrogens is 6. The molecule has 3 heterocycles. The number of amides is 1. The molecule has 10 nitrogen and oxygen atoms in total. The van der Waals surface area contributed by atoms with E-state index >= 15 is 0 Å². The summed E-state index contributed by atoms with van der Waals surface area (Å²) >= 11 is 0. The first-order chi connectivity index (χ1) is 17.0. The fourth-order valence-electron chi connectivity index (χ4n) is 3.67. The van der Waals surface area contributed by atoms with Crippen LogP contribution in [0.5, 0.6) is 5.75 Å². The minimum Gasteiger partial charge on any atom is -0.496 e. The molecule has 0 unspecified atom stereocenters. The first kappa shape index (κ1) is 24.9. The number of carbonyl (C=O) groups excluding carboxylic acids is 1. The summed E-state index contributed by atoms with van der Waals surface area (Å²) in [4.78, 5) is 17.1. The van der Waals surface area contributed by atoms with Crippen molar-refractivity contribution in [2.45, 2.75) is 26.6 Å². The van der Waals surface area contributed by atoms with E-state index in [-0.39, 0.29) is 16.8 Å². The van der Waals surface area contributed by atoms with Gasteiger partial charge < -0.3 is 15.2 Å². The van der Waals surface area contributed by atoms with E-state index in [4.69, 9.17) is 4.74 Å². The molecular weight excluding hydrogens is 479 g/mol. The third-order valence-electron chi connectivity index (χ3n) is 5.68. The van der Waals surface area contributed by atoms with Crippen molar-refractivity contribution in [1.29, 1.82) is 0 Å². The third-order valence-corrected chi connectivity index (χ3v) is 5.68. The first-order valence-electron chi connectivity index (χ1n) is 10.6. The zero-order chi connectivity index (χ0) is 26.2. The van der Waals surface area contributed by atoms with Crippen LogP contribution in [0.25, 0.3) is 16.9 Å². The number of halogens is 3.